The van der Waals surface area contributed by atoms with E-state index in [1.807, 2.05) is 0 Å². The smallest absolute Gasteiger partial charge is 0.271 e. The van der Waals surface area contributed by atoms with E-state index in [9.17, 15) is 4.79 Å². The van der Waals surface area contributed by atoms with Gasteiger partial charge in [0, 0.05) is 15.6 Å². The lowest BCUT2D eigenvalue weighted by Crippen LogP contribution is -2.17. The van der Waals surface area contributed by atoms with Gasteiger partial charge in [0.15, 0.2) is 23.0 Å². The molecule has 0 fully saturated rings. The molecular weight excluding hydrogens is 380 g/mol. The highest BCUT2D eigenvalue weighted by molar-refractivity contribution is 9.10. The molecule has 0 radical (unpaired) electrons. The van der Waals surface area contributed by atoms with Crippen LogP contribution < -0.4 is 24.4 Å². The van der Waals surface area contributed by atoms with Crippen LogP contribution in [0.5, 0.6) is 23.0 Å². The lowest BCUT2D eigenvalue weighted by Gasteiger charge is -2.03. The lowest BCUT2D eigenvalue weighted by molar-refractivity contribution is 0.0954. The first kappa shape index (κ1) is 14.8. The second kappa shape index (κ2) is 6.04. The second-order valence-corrected chi connectivity index (χ2v) is 5.85. The molecule has 8 heteroatoms. The molecule has 2 aliphatic heterocycles. The highest BCUT2D eigenvalue weighted by Gasteiger charge is 2.17. The molecule has 2 aliphatic rings. The van der Waals surface area contributed by atoms with Gasteiger partial charge in [-0.1, -0.05) is 0 Å². The largest absolute Gasteiger partial charge is 0.454 e. The third-order valence-corrected chi connectivity index (χ3v) is 4.18. The Hall–Kier alpha value is -2.74. The first-order valence-electron chi connectivity index (χ1n) is 7.03. The summed E-state index contributed by atoms with van der Waals surface area (Å²) in [5.41, 5.74) is 3.66. The predicted molar refractivity (Wildman–Crippen MR) is 87.9 cm³/mol. The van der Waals surface area contributed by atoms with Crippen LogP contribution in [-0.2, 0) is 0 Å². The number of hydrazone groups is 1. The van der Waals surface area contributed by atoms with Crippen LogP contribution in [0.3, 0.4) is 0 Å². The molecule has 1 N–H and O–H groups in total. The third-order valence-electron chi connectivity index (χ3n) is 3.50. The summed E-state index contributed by atoms with van der Waals surface area (Å²) in [6.07, 6.45) is 1.52. The molecule has 2 aromatic rings. The Morgan fingerprint density at radius 2 is 1.67 bits per heavy atom. The summed E-state index contributed by atoms with van der Waals surface area (Å²) < 4.78 is 21.8. The van der Waals surface area contributed by atoms with Crippen LogP contribution in [0.15, 0.2) is 39.9 Å². The van der Waals surface area contributed by atoms with Crippen LogP contribution in [0, 0.1) is 0 Å². The van der Waals surface area contributed by atoms with Gasteiger partial charge in [-0.25, -0.2) is 5.43 Å². The fourth-order valence-corrected chi connectivity index (χ4v) is 2.72. The minimum Gasteiger partial charge on any atom is -0.454 e. The van der Waals surface area contributed by atoms with Crippen LogP contribution in [0.2, 0.25) is 0 Å². The molecule has 0 unspecified atom stereocenters. The van der Waals surface area contributed by atoms with E-state index in [-0.39, 0.29) is 19.5 Å². The molecule has 2 heterocycles. The number of carbonyl (C=O) groups excluding carboxylic acids is 1. The van der Waals surface area contributed by atoms with E-state index >= 15 is 0 Å². The maximum absolute atomic E-state index is 12.1. The summed E-state index contributed by atoms with van der Waals surface area (Å²) in [6.45, 7) is 0.361. The first-order chi connectivity index (χ1) is 11.7. The monoisotopic (exact) mass is 390 g/mol. The molecular formula is C16H11BrN2O5. The minimum atomic E-state index is -0.346. The van der Waals surface area contributed by atoms with Gasteiger partial charge >= 0.3 is 0 Å². The molecule has 0 saturated heterocycles. The van der Waals surface area contributed by atoms with Crippen molar-refractivity contribution < 1.29 is 23.7 Å². The highest BCUT2D eigenvalue weighted by atomic mass is 79.9. The van der Waals surface area contributed by atoms with E-state index in [0.29, 0.717) is 28.6 Å². The average Bonchev–Trinajstić information content (AvgIpc) is 3.22. The van der Waals surface area contributed by atoms with Crippen LogP contribution >= 0.6 is 15.9 Å². The predicted octanol–water partition coefficient (Wildman–Crippen LogP) is 2.67. The van der Waals surface area contributed by atoms with Crippen LogP contribution in [0.1, 0.15) is 15.9 Å². The highest BCUT2D eigenvalue weighted by Crippen LogP contribution is 2.36. The van der Waals surface area contributed by atoms with Crippen molar-refractivity contribution in [1.29, 1.82) is 0 Å². The summed E-state index contributed by atoms with van der Waals surface area (Å²) >= 11 is 3.43. The van der Waals surface area contributed by atoms with Crippen molar-refractivity contribution in [3.63, 3.8) is 0 Å². The van der Waals surface area contributed by atoms with E-state index in [4.69, 9.17) is 18.9 Å². The number of fused-ring (bicyclic) bond motifs is 2. The molecule has 0 atom stereocenters. The summed E-state index contributed by atoms with van der Waals surface area (Å²) in [5, 5.41) is 3.97. The minimum absolute atomic E-state index is 0.163. The van der Waals surface area contributed by atoms with Gasteiger partial charge in [0.2, 0.25) is 13.6 Å². The van der Waals surface area contributed by atoms with Gasteiger partial charge in [-0.05, 0) is 46.3 Å². The van der Waals surface area contributed by atoms with Gasteiger partial charge in [-0.3, -0.25) is 4.79 Å². The molecule has 0 saturated carbocycles. The quantitative estimate of drug-likeness (QED) is 0.643. The number of rotatable bonds is 3. The fourth-order valence-electron chi connectivity index (χ4n) is 2.29. The summed E-state index contributed by atoms with van der Waals surface area (Å²) in [4.78, 5) is 12.1. The van der Waals surface area contributed by atoms with E-state index in [2.05, 4.69) is 26.5 Å². The normalized spacial score (nSPS) is 14.2. The summed E-state index contributed by atoms with van der Waals surface area (Å²) in [7, 11) is 0. The van der Waals surface area contributed by atoms with E-state index in [0.717, 1.165) is 10.0 Å². The molecule has 2 aromatic carbocycles. The number of halogens is 1. The number of nitrogens with zero attached hydrogens (tertiary/aromatic N) is 1. The van der Waals surface area contributed by atoms with Crippen molar-refractivity contribution in [3.8, 4) is 23.0 Å². The van der Waals surface area contributed by atoms with Gasteiger partial charge < -0.3 is 18.9 Å². The summed E-state index contributed by atoms with van der Waals surface area (Å²) in [5.74, 6) is 2.14. The van der Waals surface area contributed by atoms with Crippen molar-refractivity contribution in [2.75, 3.05) is 13.6 Å². The Labute approximate surface area is 145 Å². The van der Waals surface area contributed by atoms with Gasteiger partial charge in [-0.2, -0.15) is 5.10 Å². The molecule has 0 bridgehead atoms. The molecule has 0 spiro atoms. The SMILES string of the molecule is O=C(N/N=C\c1cc2c(cc1Br)OCO2)c1ccc2c(c1)OCO2. The standard InChI is InChI=1S/C16H11BrN2O5/c17-11-5-15-14(23-8-24-15)4-10(11)6-18-19-16(20)9-1-2-12-13(3-9)22-7-21-12/h1-6H,7-8H2,(H,19,20)/b18-6-. The number of hydrogen-bond acceptors (Lipinski definition) is 6. The second-order valence-electron chi connectivity index (χ2n) is 4.99. The molecule has 122 valence electrons. The van der Waals surface area contributed by atoms with Crippen molar-refractivity contribution in [3.05, 3.63) is 45.9 Å². The van der Waals surface area contributed by atoms with Crippen molar-refractivity contribution in [2.45, 2.75) is 0 Å². The molecule has 7 nitrogen and oxygen atoms in total. The van der Waals surface area contributed by atoms with Gasteiger partial charge in [0.1, 0.15) is 0 Å². The number of hydrogen-bond donors (Lipinski definition) is 1. The van der Waals surface area contributed by atoms with Crippen LogP contribution in [0.4, 0.5) is 0 Å². The van der Waals surface area contributed by atoms with Crippen molar-refractivity contribution >= 4 is 28.1 Å². The maximum Gasteiger partial charge on any atom is 0.271 e. The van der Waals surface area contributed by atoms with Crippen molar-refractivity contribution in [2.24, 2.45) is 5.10 Å². The maximum atomic E-state index is 12.1. The number of amides is 1. The fraction of sp³-hybridized carbons (Fsp3) is 0.125. The zero-order chi connectivity index (χ0) is 16.5. The Balaban J connectivity index is 1.46. The number of ether oxygens (including phenoxy) is 4. The number of nitrogens with one attached hydrogen (secondary N) is 1. The van der Waals surface area contributed by atoms with E-state index < -0.39 is 0 Å². The summed E-state index contributed by atoms with van der Waals surface area (Å²) in [6, 6.07) is 8.53. The van der Waals surface area contributed by atoms with E-state index in [1.165, 1.54) is 6.21 Å². The molecule has 1 amide bonds. The molecule has 0 aliphatic carbocycles. The molecule has 0 aromatic heterocycles. The molecule has 4 rings (SSSR count). The third kappa shape index (κ3) is 2.76. The Morgan fingerprint density at radius 1 is 1.00 bits per heavy atom. The number of carbonyl (C=O) groups is 1. The topological polar surface area (TPSA) is 78.4 Å². The van der Waals surface area contributed by atoms with Crippen LogP contribution in [-0.4, -0.2) is 25.7 Å². The van der Waals surface area contributed by atoms with Crippen molar-refractivity contribution in [1.82, 2.24) is 5.43 Å². The zero-order valence-corrected chi connectivity index (χ0v) is 13.8. The lowest BCUT2D eigenvalue weighted by atomic mass is 10.2. The van der Waals surface area contributed by atoms with Gasteiger partial charge in [-0.15, -0.1) is 0 Å². The molecule has 24 heavy (non-hydrogen) atoms. The zero-order valence-electron chi connectivity index (χ0n) is 12.2. The van der Waals surface area contributed by atoms with Crippen LogP contribution in [0.25, 0.3) is 0 Å². The first-order valence-corrected chi connectivity index (χ1v) is 7.82. The Morgan fingerprint density at radius 3 is 2.46 bits per heavy atom. The Kier molecular flexibility index (Phi) is 3.73. The van der Waals surface area contributed by atoms with E-state index in [1.54, 1.807) is 30.3 Å². The number of benzene rings is 2. The van der Waals surface area contributed by atoms with Gasteiger partial charge in [0.05, 0.1) is 6.21 Å². The van der Waals surface area contributed by atoms with Gasteiger partial charge in [0.25, 0.3) is 5.91 Å². The Bertz CT molecular complexity index is 853. The average molecular weight is 391 g/mol.